The molecule has 16 heavy (non-hydrogen) atoms. The Morgan fingerprint density at radius 1 is 1.44 bits per heavy atom. The summed E-state index contributed by atoms with van der Waals surface area (Å²) in [4.78, 5) is 0. The van der Waals surface area contributed by atoms with Crippen LogP contribution in [0.3, 0.4) is 0 Å². The first-order valence-corrected chi connectivity index (χ1v) is 5.61. The van der Waals surface area contributed by atoms with E-state index in [1.807, 2.05) is 0 Å². The van der Waals surface area contributed by atoms with Crippen molar-refractivity contribution in [2.75, 3.05) is 5.88 Å². The summed E-state index contributed by atoms with van der Waals surface area (Å²) in [5, 5.41) is 0. The molecule has 1 rings (SSSR count). The first kappa shape index (κ1) is 13.4. The number of hydrogen-bond acceptors (Lipinski definition) is 2. The van der Waals surface area contributed by atoms with Crippen molar-refractivity contribution in [1.82, 2.24) is 5.43 Å². The molecular weight excluding hydrogens is 234 g/mol. The third kappa shape index (κ3) is 2.90. The number of rotatable bonds is 5. The zero-order valence-corrected chi connectivity index (χ0v) is 9.82. The van der Waals surface area contributed by atoms with Crippen LogP contribution in [-0.2, 0) is 0 Å². The van der Waals surface area contributed by atoms with E-state index in [1.165, 1.54) is 12.1 Å². The van der Waals surface area contributed by atoms with Crippen molar-refractivity contribution in [3.63, 3.8) is 0 Å². The van der Waals surface area contributed by atoms with Crippen LogP contribution >= 0.6 is 11.6 Å². The maximum atomic E-state index is 13.8. The Morgan fingerprint density at radius 2 is 2.12 bits per heavy atom. The summed E-state index contributed by atoms with van der Waals surface area (Å²) in [6.07, 6.45) is 1.14. The van der Waals surface area contributed by atoms with Gasteiger partial charge in [0.25, 0.3) is 0 Å². The minimum absolute atomic E-state index is 0.00684. The summed E-state index contributed by atoms with van der Waals surface area (Å²) < 4.78 is 27.3. The van der Waals surface area contributed by atoms with Gasteiger partial charge in [0.1, 0.15) is 11.6 Å². The second-order valence-electron chi connectivity index (χ2n) is 3.64. The molecule has 0 fully saturated rings. The molecule has 2 nitrogen and oxygen atoms in total. The fourth-order valence-corrected chi connectivity index (χ4v) is 1.74. The van der Waals surface area contributed by atoms with Crippen molar-refractivity contribution in [2.45, 2.75) is 25.8 Å². The number of hydrazine groups is 1. The topological polar surface area (TPSA) is 38.0 Å². The Morgan fingerprint density at radius 3 is 2.69 bits per heavy atom. The summed E-state index contributed by atoms with van der Waals surface area (Å²) in [7, 11) is 0. The second-order valence-corrected chi connectivity index (χ2v) is 4.02. The summed E-state index contributed by atoms with van der Waals surface area (Å²) in [6.45, 7) is 1.59. The lowest BCUT2D eigenvalue weighted by molar-refractivity contribution is 0.449. The monoisotopic (exact) mass is 248 g/mol. The number of aryl methyl sites for hydroxylation is 1. The van der Waals surface area contributed by atoms with Gasteiger partial charge in [-0.05, 0) is 31.4 Å². The van der Waals surface area contributed by atoms with Crippen molar-refractivity contribution in [3.05, 3.63) is 34.9 Å². The third-order valence-corrected chi connectivity index (χ3v) is 2.76. The summed E-state index contributed by atoms with van der Waals surface area (Å²) in [5.74, 6) is 4.62. The van der Waals surface area contributed by atoms with E-state index in [1.54, 1.807) is 6.92 Å². The molecule has 1 atom stereocenters. The van der Waals surface area contributed by atoms with E-state index in [9.17, 15) is 8.78 Å². The van der Waals surface area contributed by atoms with E-state index < -0.39 is 17.7 Å². The molecule has 0 spiro atoms. The smallest absolute Gasteiger partial charge is 0.133 e. The second kappa shape index (κ2) is 6.13. The number of nitrogens with two attached hydrogens (primary N) is 1. The average molecular weight is 249 g/mol. The van der Waals surface area contributed by atoms with Crippen LogP contribution in [0.25, 0.3) is 0 Å². The van der Waals surface area contributed by atoms with Gasteiger partial charge in [0, 0.05) is 11.4 Å². The normalized spacial score (nSPS) is 12.8. The SMILES string of the molecule is Cc1ccc(F)c(C(CCCCl)NN)c1F. The number of halogens is 3. The van der Waals surface area contributed by atoms with Crippen LogP contribution in [0.5, 0.6) is 0 Å². The Kier molecular flexibility index (Phi) is 5.12. The van der Waals surface area contributed by atoms with E-state index in [2.05, 4.69) is 5.43 Å². The van der Waals surface area contributed by atoms with Gasteiger partial charge >= 0.3 is 0 Å². The van der Waals surface area contributed by atoms with Gasteiger partial charge in [-0.25, -0.2) is 8.78 Å². The van der Waals surface area contributed by atoms with Crippen LogP contribution in [0.2, 0.25) is 0 Å². The molecule has 0 saturated heterocycles. The molecule has 5 heteroatoms. The Labute approximate surface area is 98.8 Å². The van der Waals surface area contributed by atoms with E-state index in [4.69, 9.17) is 17.4 Å². The lowest BCUT2D eigenvalue weighted by Crippen LogP contribution is -2.29. The quantitative estimate of drug-likeness (QED) is 0.478. The Bertz CT molecular complexity index is 358. The highest BCUT2D eigenvalue weighted by Gasteiger charge is 2.20. The van der Waals surface area contributed by atoms with Gasteiger partial charge in [-0.2, -0.15) is 0 Å². The molecular formula is C11H15ClF2N2. The van der Waals surface area contributed by atoms with Crippen LogP contribution in [0.15, 0.2) is 12.1 Å². The number of alkyl halides is 1. The van der Waals surface area contributed by atoms with E-state index in [0.717, 1.165) is 0 Å². The van der Waals surface area contributed by atoms with Crippen molar-refractivity contribution in [1.29, 1.82) is 0 Å². The molecule has 1 aromatic rings. The van der Waals surface area contributed by atoms with Crippen LogP contribution in [0.4, 0.5) is 8.78 Å². The molecule has 0 aliphatic carbocycles. The van der Waals surface area contributed by atoms with Crippen LogP contribution in [-0.4, -0.2) is 5.88 Å². The standard InChI is InChI=1S/C11H15ClF2N2/c1-7-4-5-8(13)10(11(7)14)9(16-15)3-2-6-12/h4-5,9,16H,2-3,6,15H2,1H3. The van der Waals surface area contributed by atoms with Crippen molar-refractivity contribution in [2.24, 2.45) is 5.84 Å². The number of benzene rings is 1. The highest BCUT2D eigenvalue weighted by Crippen LogP contribution is 2.26. The van der Waals surface area contributed by atoms with Gasteiger partial charge in [-0.15, -0.1) is 11.6 Å². The molecule has 0 aliphatic rings. The summed E-state index contributed by atoms with van der Waals surface area (Å²) in [6, 6.07) is 2.11. The molecule has 0 amide bonds. The predicted molar refractivity (Wildman–Crippen MR) is 61.1 cm³/mol. The minimum atomic E-state index is -0.583. The van der Waals surface area contributed by atoms with Gasteiger partial charge < -0.3 is 0 Å². The van der Waals surface area contributed by atoms with Gasteiger partial charge in [-0.1, -0.05) is 6.07 Å². The Balaban J connectivity index is 3.03. The lowest BCUT2D eigenvalue weighted by Gasteiger charge is -2.18. The molecule has 0 heterocycles. The maximum absolute atomic E-state index is 13.8. The van der Waals surface area contributed by atoms with Crippen molar-refractivity contribution >= 4 is 11.6 Å². The van der Waals surface area contributed by atoms with Crippen molar-refractivity contribution < 1.29 is 8.78 Å². The van der Waals surface area contributed by atoms with Crippen LogP contribution < -0.4 is 11.3 Å². The van der Waals surface area contributed by atoms with Crippen LogP contribution in [0.1, 0.15) is 30.0 Å². The molecule has 90 valence electrons. The fourth-order valence-electron chi connectivity index (χ4n) is 1.59. The predicted octanol–water partition coefficient (Wildman–Crippen LogP) is 2.80. The first-order chi connectivity index (χ1) is 7.61. The molecule has 1 aromatic carbocycles. The third-order valence-electron chi connectivity index (χ3n) is 2.50. The van der Waals surface area contributed by atoms with Crippen molar-refractivity contribution in [3.8, 4) is 0 Å². The number of hydrogen-bond donors (Lipinski definition) is 2. The number of nitrogens with one attached hydrogen (secondary N) is 1. The maximum Gasteiger partial charge on any atom is 0.133 e. The van der Waals surface area contributed by atoms with Gasteiger partial charge in [0.2, 0.25) is 0 Å². The summed E-state index contributed by atoms with van der Waals surface area (Å²) >= 11 is 5.54. The minimum Gasteiger partial charge on any atom is -0.271 e. The lowest BCUT2D eigenvalue weighted by atomic mass is 9.99. The molecule has 0 bridgehead atoms. The first-order valence-electron chi connectivity index (χ1n) is 5.08. The van der Waals surface area contributed by atoms with Gasteiger partial charge in [0.15, 0.2) is 0 Å². The van der Waals surface area contributed by atoms with E-state index in [-0.39, 0.29) is 5.56 Å². The molecule has 1 unspecified atom stereocenters. The van der Waals surface area contributed by atoms with E-state index in [0.29, 0.717) is 24.3 Å². The van der Waals surface area contributed by atoms with E-state index >= 15 is 0 Å². The zero-order chi connectivity index (χ0) is 12.1. The Hall–Kier alpha value is -0.710. The fraction of sp³-hybridized carbons (Fsp3) is 0.455. The van der Waals surface area contributed by atoms with Crippen LogP contribution in [0, 0.1) is 18.6 Å². The molecule has 0 radical (unpaired) electrons. The molecule has 0 aromatic heterocycles. The zero-order valence-electron chi connectivity index (χ0n) is 9.06. The molecule has 0 saturated carbocycles. The highest BCUT2D eigenvalue weighted by molar-refractivity contribution is 6.17. The molecule has 0 aliphatic heterocycles. The van der Waals surface area contributed by atoms with Gasteiger partial charge in [-0.3, -0.25) is 11.3 Å². The highest BCUT2D eigenvalue weighted by atomic mass is 35.5. The molecule has 3 N–H and O–H groups in total. The van der Waals surface area contributed by atoms with Gasteiger partial charge in [0.05, 0.1) is 6.04 Å². The summed E-state index contributed by atoms with van der Waals surface area (Å²) in [5.41, 5.74) is 2.82. The average Bonchev–Trinajstić information content (AvgIpc) is 2.28. The largest absolute Gasteiger partial charge is 0.271 e.